The number of rotatable bonds is 5. The first-order valence-electron chi connectivity index (χ1n) is 9.04. The van der Waals surface area contributed by atoms with Crippen LogP contribution in [0.3, 0.4) is 0 Å². The van der Waals surface area contributed by atoms with E-state index in [-0.39, 0.29) is 18.1 Å². The first-order valence-corrected chi connectivity index (χ1v) is 9.04. The molecular formula is C22H19N3O4. The molecule has 2 heterocycles. The van der Waals surface area contributed by atoms with E-state index in [1.165, 1.54) is 12.1 Å². The molecule has 2 aromatic carbocycles. The van der Waals surface area contributed by atoms with E-state index >= 15 is 0 Å². The third-order valence-electron chi connectivity index (χ3n) is 4.80. The summed E-state index contributed by atoms with van der Waals surface area (Å²) in [5.74, 6) is -0.466. The van der Waals surface area contributed by atoms with E-state index in [1.54, 1.807) is 12.1 Å². The van der Waals surface area contributed by atoms with E-state index in [1.807, 2.05) is 44.2 Å². The molecule has 0 saturated carbocycles. The zero-order valence-electron chi connectivity index (χ0n) is 16.0. The lowest BCUT2D eigenvalue weighted by atomic mass is 10.1. The van der Waals surface area contributed by atoms with Crippen LogP contribution in [0.1, 0.15) is 27.3 Å². The van der Waals surface area contributed by atoms with E-state index in [0.717, 1.165) is 22.6 Å². The van der Waals surface area contributed by atoms with Gasteiger partial charge >= 0.3 is 5.97 Å². The molecule has 7 heteroatoms. The standard InChI is InChI=1S/C22H19N3O4/c1-13-6-7-14(2)25(13)19-11-16(8-9-18(19)12-26)21-24-23-20(29-21)15-4-3-5-17(10-15)22(27)28/h3-11,26H,12H2,1-2H3,(H,27,28). The van der Waals surface area contributed by atoms with E-state index in [0.29, 0.717) is 17.0 Å². The number of hydrogen-bond donors (Lipinski definition) is 2. The Kier molecular flexibility index (Phi) is 4.74. The van der Waals surface area contributed by atoms with Gasteiger partial charge in [0, 0.05) is 28.1 Å². The first-order chi connectivity index (χ1) is 14.0. The Morgan fingerprint density at radius 2 is 1.62 bits per heavy atom. The molecular weight excluding hydrogens is 370 g/mol. The number of carboxylic acid groups (broad SMARTS) is 1. The van der Waals surface area contributed by atoms with Gasteiger partial charge in [-0.3, -0.25) is 0 Å². The topological polar surface area (TPSA) is 101 Å². The van der Waals surface area contributed by atoms with E-state index in [2.05, 4.69) is 14.8 Å². The molecule has 0 bridgehead atoms. The summed E-state index contributed by atoms with van der Waals surface area (Å²) in [6, 6.07) is 15.9. The van der Waals surface area contributed by atoms with E-state index < -0.39 is 5.97 Å². The molecule has 146 valence electrons. The SMILES string of the molecule is Cc1ccc(C)n1-c1cc(-c2nnc(-c3cccc(C(=O)O)c3)o2)ccc1CO. The van der Waals surface area contributed by atoms with Crippen molar-refractivity contribution >= 4 is 5.97 Å². The number of aliphatic hydroxyl groups is 1. The molecule has 4 aromatic rings. The van der Waals surface area contributed by atoms with Crippen LogP contribution in [0.5, 0.6) is 0 Å². The van der Waals surface area contributed by atoms with Crippen LogP contribution in [0.2, 0.25) is 0 Å². The molecule has 0 amide bonds. The highest BCUT2D eigenvalue weighted by atomic mass is 16.4. The summed E-state index contributed by atoms with van der Waals surface area (Å²) in [5.41, 5.74) is 5.11. The van der Waals surface area contributed by atoms with Crippen molar-refractivity contribution in [1.29, 1.82) is 0 Å². The number of carboxylic acids is 1. The van der Waals surface area contributed by atoms with Crippen LogP contribution in [0.25, 0.3) is 28.6 Å². The second-order valence-corrected chi connectivity index (χ2v) is 6.75. The molecule has 0 aliphatic rings. The number of carbonyl (C=O) groups is 1. The van der Waals surface area contributed by atoms with Gasteiger partial charge in [-0.05, 0) is 56.3 Å². The highest BCUT2D eigenvalue weighted by Crippen LogP contribution is 2.29. The summed E-state index contributed by atoms with van der Waals surface area (Å²) in [6.45, 7) is 3.91. The Labute approximate surface area is 166 Å². The van der Waals surface area contributed by atoms with Crippen molar-refractivity contribution in [2.45, 2.75) is 20.5 Å². The monoisotopic (exact) mass is 389 g/mol. The maximum atomic E-state index is 11.2. The molecule has 29 heavy (non-hydrogen) atoms. The summed E-state index contributed by atoms with van der Waals surface area (Å²) in [7, 11) is 0. The Bertz CT molecular complexity index is 1190. The van der Waals surface area contributed by atoms with Crippen LogP contribution >= 0.6 is 0 Å². The molecule has 0 spiro atoms. The molecule has 0 aliphatic heterocycles. The smallest absolute Gasteiger partial charge is 0.335 e. The highest BCUT2D eigenvalue weighted by molar-refractivity contribution is 5.89. The fraction of sp³-hybridized carbons (Fsp3) is 0.136. The van der Waals surface area contributed by atoms with Crippen molar-refractivity contribution in [3.8, 4) is 28.6 Å². The predicted molar refractivity (Wildman–Crippen MR) is 107 cm³/mol. The lowest BCUT2D eigenvalue weighted by molar-refractivity contribution is 0.0697. The third kappa shape index (κ3) is 3.43. The Hall–Kier alpha value is -3.71. The van der Waals surface area contributed by atoms with Crippen LogP contribution in [0, 0.1) is 13.8 Å². The van der Waals surface area contributed by atoms with Crippen molar-refractivity contribution in [1.82, 2.24) is 14.8 Å². The number of aliphatic hydroxyl groups excluding tert-OH is 1. The minimum Gasteiger partial charge on any atom is -0.478 e. The Morgan fingerprint density at radius 3 is 2.24 bits per heavy atom. The van der Waals surface area contributed by atoms with Gasteiger partial charge in [-0.1, -0.05) is 12.1 Å². The third-order valence-corrected chi connectivity index (χ3v) is 4.80. The zero-order valence-corrected chi connectivity index (χ0v) is 16.0. The van der Waals surface area contributed by atoms with Crippen LogP contribution < -0.4 is 0 Å². The van der Waals surface area contributed by atoms with Crippen molar-refractivity contribution in [2.24, 2.45) is 0 Å². The second kappa shape index (κ2) is 7.37. The molecule has 0 radical (unpaired) electrons. The number of hydrogen-bond acceptors (Lipinski definition) is 5. The molecule has 0 unspecified atom stereocenters. The molecule has 7 nitrogen and oxygen atoms in total. The maximum Gasteiger partial charge on any atom is 0.335 e. The fourth-order valence-corrected chi connectivity index (χ4v) is 3.33. The number of aromatic carboxylic acids is 1. The van der Waals surface area contributed by atoms with Crippen LogP contribution in [0.15, 0.2) is 59.0 Å². The van der Waals surface area contributed by atoms with Gasteiger partial charge in [-0.2, -0.15) is 0 Å². The second-order valence-electron chi connectivity index (χ2n) is 6.75. The number of benzene rings is 2. The van der Waals surface area contributed by atoms with E-state index in [4.69, 9.17) is 9.52 Å². The van der Waals surface area contributed by atoms with Gasteiger partial charge in [0.05, 0.1) is 17.9 Å². The van der Waals surface area contributed by atoms with Crippen LogP contribution in [0.4, 0.5) is 0 Å². The molecule has 2 N–H and O–H groups in total. The molecule has 2 aromatic heterocycles. The van der Waals surface area contributed by atoms with Gasteiger partial charge in [0.25, 0.3) is 0 Å². The number of aryl methyl sites for hydroxylation is 2. The van der Waals surface area contributed by atoms with E-state index in [9.17, 15) is 9.90 Å². The lowest BCUT2D eigenvalue weighted by Gasteiger charge is -2.14. The summed E-state index contributed by atoms with van der Waals surface area (Å²) >= 11 is 0. The predicted octanol–water partition coefficient (Wildman–Crippen LogP) is 4.00. The number of nitrogens with zero attached hydrogens (tertiary/aromatic N) is 3. The van der Waals surface area contributed by atoms with Crippen molar-refractivity contribution in [2.75, 3.05) is 0 Å². The summed E-state index contributed by atoms with van der Waals surface area (Å²) in [5, 5.41) is 27.1. The minimum atomic E-state index is -1.02. The summed E-state index contributed by atoms with van der Waals surface area (Å²) in [6.07, 6.45) is 0. The fourth-order valence-electron chi connectivity index (χ4n) is 3.33. The normalized spacial score (nSPS) is 11.0. The van der Waals surface area contributed by atoms with Gasteiger partial charge in [-0.25, -0.2) is 4.79 Å². The zero-order chi connectivity index (χ0) is 20.5. The first kappa shape index (κ1) is 18.6. The van der Waals surface area contributed by atoms with Crippen molar-refractivity contribution in [3.63, 3.8) is 0 Å². The van der Waals surface area contributed by atoms with Gasteiger partial charge in [0.15, 0.2) is 0 Å². The molecule has 0 saturated heterocycles. The molecule has 0 aliphatic carbocycles. The highest BCUT2D eigenvalue weighted by Gasteiger charge is 2.16. The largest absolute Gasteiger partial charge is 0.478 e. The Balaban J connectivity index is 1.76. The quantitative estimate of drug-likeness (QED) is 0.535. The van der Waals surface area contributed by atoms with Gasteiger partial charge < -0.3 is 19.2 Å². The molecule has 4 rings (SSSR count). The Morgan fingerprint density at radius 1 is 0.966 bits per heavy atom. The van der Waals surface area contributed by atoms with Gasteiger partial charge in [0.2, 0.25) is 11.8 Å². The average molecular weight is 389 g/mol. The molecule has 0 fully saturated rings. The minimum absolute atomic E-state index is 0.0935. The lowest BCUT2D eigenvalue weighted by Crippen LogP contribution is -2.03. The van der Waals surface area contributed by atoms with Gasteiger partial charge in [-0.15, -0.1) is 10.2 Å². The van der Waals surface area contributed by atoms with Gasteiger partial charge in [0.1, 0.15) is 0 Å². The average Bonchev–Trinajstić information content (AvgIpc) is 3.34. The van der Waals surface area contributed by atoms with Crippen LogP contribution in [-0.2, 0) is 6.61 Å². The molecule has 0 atom stereocenters. The van der Waals surface area contributed by atoms with Crippen LogP contribution in [-0.4, -0.2) is 30.9 Å². The van der Waals surface area contributed by atoms with Crippen molar-refractivity contribution < 1.29 is 19.4 Å². The summed E-state index contributed by atoms with van der Waals surface area (Å²) in [4.78, 5) is 11.2. The van der Waals surface area contributed by atoms with Crippen molar-refractivity contribution in [3.05, 3.63) is 77.1 Å². The summed E-state index contributed by atoms with van der Waals surface area (Å²) < 4.78 is 7.87. The maximum absolute atomic E-state index is 11.2. The number of aromatic nitrogens is 3.